The zero-order valence-electron chi connectivity index (χ0n) is 18.9. The molecule has 3 heterocycles. The van der Waals surface area contributed by atoms with Crippen molar-refractivity contribution in [1.29, 1.82) is 0 Å². The summed E-state index contributed by atoms with van der Waals surface area (Å²) in [6.45, 7) is 5.84. The molecule has 1 unspecified atom stereocenters. The van der Waals surface area contributed by atoms with Crippen LogP contribution < -0.4 is 5.32 Å². The van der Waals surface area contributed by atoms with E-state index in [2.05, 4.69) is 46.4 Å². The van der Waals surface area contributed by atoms with Gasteiger partial charge in [-0.15, -0.1) is 0 Å². The Morgan fingerprint density at radius 1 is 1.09 bits per heavy atom. The van der Waals surface area contributed by atoms with Crippen LogP contribution >= 0.6 is 0 Å². The summed E-state index contributed by atoms with van der Waals surface area (Å²) in [5.74, 6) is 0.418. The molecule has 4 aromatic rings. The van der Waals surface area contributed by atoms with Gasteiger partial charge in [0.25, 0.3) is 5.91 Å². The molecule has 0 spiro atoms. The number of rotatable bonds is 6. The smallest absolute Gasteiger partial charge is 0.252 e. The standard InChI is InChI=1S/C28H28N4O/c1-20-8-10-21(11-9-20)18-32-14-12-22(19-32)16-30-28(33)25-15-27(23-5-4-13-29-17-23)31-26-7-3-2-6-24(25)26/h2-11,13,15,17,22H,12,14,16,18-19H2,1H3,(H,30,33). The largest absolute Gasteiger partial charge is 0.352 e. The van der Waals surface area contributed by atoms with E-state index >= 15 is 0 Å². The van der Waals surface area contributed by atoms with Crippen LogP contribution in [0, 0.1) is 12.8 Å². The van der Waals surface area contributed by atoms with E-state index < -0.39 is 0 Å². The van der Waals surface area contributed by atoms with Gasteiger partial charge in [-0.1, -0.05) is 48.0 Å². The summed E-state index contributed by atoms with van der Waals surface area (Å²) in [5, 5.41) is 4.07. The van der Waals surface area contributed by atoms with Crippen molar-refractivity contribution < 1.29 is 4.79 Å². The van der Waals surface area contributed by atoms with Crippen LogP contribution in [0.15, 0.2) is 79.1 Å². The third-order valence-electron chi connectivity index (χ3n) is 6.37. The molecule has 0 saturated carbocycles. The van der Waals surface area contributed by atoms with E-state index in [1.807, 2.05) is 42.5 Å². The van der Waals surface area contributed by atoms with Crippen molar-refractivity contribution in [2.24, 2.45) is 5.92 Å². The number of amides is 1. The van der Waals surface area contributed by atoms with Gasteiger partial charge in [0, 0.05) is 43.0 Å². The number of hydrogen-bond acceptors (Lipinski definition) is 4. The van der Waals surface area contributed by atoms with E-state index in [0.29, 0.717) is 18.0 Å². The molecule has 1 atom stereocenters. The molecule has 5 rings (SSSR count). The fourth-order valence-corrected chi connectivity index (χ4v) is 4.53. The summed E-state index contributed by atoms with van der Waals surface area (Å²) in [6, 6.07) is 22.3. The first kappa shape index (κ1) is 21.3. The summed E-state index contributed by atoms with van der Waals surface area (Å²) >= 11 is 0. The molecular weight excluding hydrogens is 408 g/mol. The molecule has 5 nitrogen and oxygen atoms in total. The quantitative estimate of drug-likeness (QED) is 0.469. The Balaban J connectivity index is 1.27. The molecule has 166 valence electrons. The number of hydrogen-bond donors (Lipinski definition) is 1. The molecule has 0 radical (unpaired) electrons. The minimum Gasteiger partial charge on any atom is -0.352 e. The SMILES string of the molecule is Cc1ccc(CN2CCC(CNC(=O)c3cc(-c4cccnc4)nc4ccccc34)C2)cc1. The van der Waals surface area contributed by atoms with Crippen molar-refractivity contribution in [2.75, 3.05) is 19.6 Å². The second-order valence-corrected chi connectivity index (χ2v) is 8.90. The van der Waals surface area contributed by atoms with Gasteiger partial charge in [0.2, 0.25) is 0 Å². The van der Waals surface area contributed by atoms with E-state index in [4.69, 9.17) is 4.98 Å². The van der Waals surface area contributed by atoms with E-state index in [0.717, 1.165) is 48.2 Å². The number of carbonyl (C=O) groups is 1. The molecule has 1 aliphatic rings. The summed E-state index contributed by atoms with van der Waals surface area (Å²) in [7, 11) is 0. The van der Waals surface area contributed by atoms with Crippen LogP contribution in [-0.4, -0.2) is 40.4 Å². The van der Waals surface area contributed by atoms with Crippen molar-refractivity contribution in [1.82, 2.24) is 20.2 Å². The minimum absolute atomic E-state index is 0.0456. The van der Waals surface area contributed by atoms with Gasteiger partial charge in [-0.25, -0.2) is 4.98 Å². The van der Waals surface area contributed by atoms with Gasteiger partial charge in [-0.3, -0.25) is 14.7 Å². The Bertz CT molecular complexity index is 1250. The predicted molar refractivity (Wildman–Crippen MR) is 132 cm³/mol. The molecule has 1 amide bonds. The van der Waals surface area contributed by atoms with Gasteiger partial charge < -0.3 is 5.32 Å². The highest BCUT2D eigenvalue weighted by atomic mass is 16.1. The molecule has 0 bridgehead atoms. The van der Waals surface area contributed by atoms with Crippen molar-refractivity contribution in [3.8, 4) is 11.3 Å². The monoisotopic (exact) mass is 436 g/mol. The maximum Gasteiger partial charge on any atom is 0.252 e. The number of fused-ring (bicyclic) bond motifs is 1. The van der Waals surface area contributed by atoms with Crippen molar-refractivity contribution in [3.05, 3.63) is 95.8 Å². The van der Waals surface area contributed by atoms with E-state index in [-0.39, 0.29) is 5.91 Å². The highest BCUT2D eigenvalue weighted by Crippen LogP contribution is 2.25. The van der Waals surface area contributed by atoms with Gasteiger partial charge in [0.1, 0.15) is 0 Å². The van der Waals surface area contributed by atoms with Gasteiger partial charge in [-0.05, 0) is 55.6 Å². The van der Waals surface area contributed by atoms with Crippen LogP contribution in [0.25, 0.3) is 22.2 Å². The van der Waals surface area contributed by atoms with E-state index in [1.165, 1.54) is 11.1 Å². The zero-order valence-corrected chi connectivity index (χ0v) is 18.9. The molecule has 1 aliphatic heterocycles. The van der Waals surface area contributed by atoms with E-state index in [9.17, 15) is 4.79 Å². The van der Waals surface area contributed by atoms with Crippen LogP contribution in [0.3, 0.4) is 0 Å². The van der Waals surface area contributed by atoms with Crippen molar-refractivity contribution in [2.45, 2.75) is 19.9 Å². The number of pyridine rings is 2. The second-order valence-electron chi connectivity index (χ2n) is 8.90. The van der Waals surface area contributed by atoms with Crippen LogP contribution in [0.4, 0.5) is 0 Å². The minimum atomic E-state index is -0.0456. The maximum atomic E-state index is 13.2. The number of benzene rings is 2. The van der Waals surface area contributed by atoms with Crippen molar-refractivity contribution >= 4 is 16.8 Å². The Hall–Kier alpha value is -3.57. The van der Waals surface area contributed by atoms with Crippen LogP contribution in [0.5, 0.6) is 0 Å². The van der Waals surface area contributed by atoms with Gasteiger partial charge in [-0.2, -0.15) is 0 Å². The van der Waals surface area contributed by atoms with Gasteiger partial charge in [0.15, 0.2) is 0 Å². The fourth-order valence-electron chi connectivity index (χ4n) is 4.53. The van der Waals surface area contributed by atoms with Gasteiger partial charge >= 0.3 is 0 Å². The Morgan fingerprint density at radius 3 is 2.76 bits per heavy atom. The Morgan fingerprint density at radius 2 is 1.94 bits per heavy atom. The normalized spacial score (nSPS) is 16.2. The topological polar surface area (TPSA) is 58.1 Å². The lowest BCUT2D eigenvalue weighted by atomic mass is 10.0. The number of nitrogens with zero attached hydrogens (tertiary/aromatic N) is 3. The number of aryl methyl sites for hydroxylation is 1. The number of nitrogens with one attached hydrogen (secondary N) is 1. The molecule has 0 aliphatic carbocycles. The number of carbonyl (C=O) groups excluding carboxylic acids is 1. The number of para-hydroxylation sites is 1. The summed E-state index contributed by atoms with van der Waals surface area (Å²) in [5.41, 5.74) is 5.77. The zero-order chi connectivity index (χ0) is 22.6. The molecule has 33 heavy (non-hydrogen) atoms. The Labute approximate surface area is 194 Å². The molecule has 1 N–H and O–H groups in total. The predicted octanol–water partition coefficient (Wildman–Crippen LogP) is 4.86. The highest BCUT2D eigenvalue weighted by molar-refractivity contribution is 6.07. The summed E-state index contributed by atoms with van der Waals surface area (Å²) in [4.78, 5) is 24.7. The average Bonchev–Trinajstić information content (AvgIpc) is 3.31. The molecule has 1 saturated heterocycles. The maximum absolute atomic E-state index is 13.2. The third-order valence-corrected chi connectivity index (χ3v) is 6.37. The molecule has 2 aromatic carbocycles. The van der Waals surface area contributed by atoms with Crippen LogP contribution in [0.1, 0.15) is 27.9 Å². The Kier molecular flexibility index (Phi) is 6.13. The first-order valence-electron chi connectivity index (χ1n) is 11.5. The average molecular weight is 437 g/mol. The number of aromatic nitrogens is 2. The second kappa shape index (κ2) is 9.51. The first-order chi connectivity index (χ1) is 16.2. The fraction of sp³-hybridized carbons (Fsp3) is 0.250. The first-order valence-corrected chi connectivity index (χ1v) is 11.5. The summed E-state index contributed by atoms with van der Waals surface area (Å²) < 4.78 is 0. The third kappa shape index (κ3) is 4.94. The lowest BCUT2D eigenvalue weighted by Crippen LogP contribution is -2.31. The molecule has 5 heteroatoms. The molecule has 1 fully saturated rings. The summed E-state index contributed by atoms with van der Waals surface area (Å²) in [6.07, 6.45) is 4.62. The molecular formula is C28H28N4O. The van der Waals surface area contributed by atoms with Crippen LogP contribution in [0.2, 0.25) is 0 Å². The molecule has 2 aromatic heterocycles. The lowest BCUT2D eigenvalue weighted by molar-refractivity contribution is 0.0949. The van der Waals surface area contributed by atoms with Gasteiger partial charge in [0.05, 0.1) is 16.8 Å². The lowest BCUT2D eigenvalue weighted by Gasteiger charge is -2.17. The number of likely N-dealkylation sites (tertiary alicyclic amines) is 1. The van der Waals surface area contributed by atoms with Crippen molar-refractivity contribution in [3.63, 3.8) is 0 Å². The highest BCUT2D eigenvalue weighted by Gasteiger charge is 2.23. The van der Waals surface area contributed by atoms with Crippen LogP contribution in [-0.2, 0) is 6.54 Å². The van der Waals surface area contributed by atoms with E-state index in [1.54, 1.807) is 12.4 Å².